The van der Waals surface area contributed by atoms with Crippen molar-refractivity contribution in [3.05, 3.63) is 35.4 Å². The summed E-state index contributed by atoms with van der Waals surface area (Å²) in [6, 6.07) is 7.90. The minimum Gasteiger partial charge on any atom is -0.354 e. The van der Waals surface area contributed by atoms with Crippen LogP contribution in [-0.2, 0) is 4.79 Å². The fourth-order valence-electron chi connectivity index (χ4n) is 2.19. The third-order valence-electron chi connectivity index (χ3n) is 3.34. The van der Waals surface area contributed by atoms with Gasteiger partial charge in [-0.25, -0.2) is 0 Å². The largest absolute Gasteiger partial charge is 0.354 e. The first-order chi connectivity index (χ1) is 9.56. The minimum absolute atomic E-state index is 0.0617. The van der Waals surface area contributed by atoms with Crippen LogP contribution in [0.3, 0.4) is 0 Å². The lowest BCUT2D eigenvalue weighted by atomic mass is 10.0. The SMILES string of the molecule is Cc1ccc(C(C(=O)NCCCCCN)N(C)C)cc1. The summed E-state index contributed by atoms with van der Waals surface area (Å²) in [5.41, 5.74) is 7.68. The highest BCUT2D eigenvalue weighted by Crippen LogP contribution is 2.18. The number of rotatable bonds is 8. The number of unbranched alkanes of at least 4 members (excludes halogenated alkanes) is 2. The molecule has 0 bridgehead atoms. The number of benzene rings is 1. The van der Waals surface area contributed by atoms with Gasteiger partial charge in [0.2, 0.25) is 5.91 Å². The average molecular weight is 277 g/mol. The molecular weight excluding hydrogens is 250 g/mol. The highest BCUT2D eigenvalue weighted by Gasteiger charge is 2.22. The van der Waals surface area contributed by atoms with Crippen LogP contribution in [0, 0.1) is 6.92 Å². The number of nitrogens with two attached hydrogens (primary N) is 1. The Balaban J connectivity index is 2.57. The van der Waals surface area contributed by atoms with Crippen molar-refractivity contribution in [1.29, 1.82) is 0 Å². The molecule has 0 saturated carbocycles. The molecule has 1 unspecified atom stereocenters. The van der Waals surface area contributed by atoms with E-state index in [0.29, 0.717) is 0 Å². The van der Waals surface area contributed by atoms with Crippen LogP contribution in [-0.4, -0.2) is 38.0 Å². The summed E-state index contributed by atoms with van der Waals surface area (Å²) in [5, 5.41) is 3.01. The summed E-state index contributed by atoms with van der Waals surface area (Å²) in [4.78, 5) is 14.3. The number of nitrogens with one attached hydrogen (secondary N) is 1. The van der Waals surface area contributed by atoms with E-state index >= 15 is 0 Å². The van der Waals surface area contributed by atoms with Crippen molar-refractivity contribution in [3.63, 3.8) is 0 Å². The van der Waals surface area contributed by atoms with Gasteiger partial charge in [0.25, 0.3) is 0 Å². The molecule has 1 amide bonds. The van der Waals surface area contributed by atoms with Gasteiger partial charge >= 0.3 is 0 Å². The number of carbonyl (C=O) groups is 1. The van der Waals surface area contributed by atoms with E-state index in [4.69, 9.17) is 5.73 Å². The Morgan fingerprint density at radius 2 is 1.85 bits per heavy atom. The van der Waals surface area contributed by atoms with E-state index in [1.54, 1.807) is 0 Å². The van der Waals surface area contributed by atoms with Gasteiger partial charge in [-0.05, 0) is 46.0 Å². The predicted molar refractivity (Wildman–Crippen MR) is 83.5 cm³/mol. The molecule has 4 nitrogen and oxygen atoms in total. The Morgan fingerprint density at radius 3 is 2.40 bits per heavy atom. The van der Waals surface area contributed by atoms with Crippen LogP contribution in [0.25, 0.3) is 0 Å². The molecule has 0 aliphatic rings. The van der Waals surface area contributed by atoms with Gasteiger partial charge in [-0.1, -0.05) is 36.2 Å². The summed E-state index contributed by atoms with van der Waals surface area (Å²) >= 11 is 0. The fourth-order valence-corrected chi connectivity index (χ4v) is 2.19. The van der Waals surface area contributed by atoms with Gasteiger partial charge in [0.15, 0.2) is 0 Å². The maximum Gasteiger partial charge on any atom is 0.241 e. The van der Waals surface area contributed by atoms with Gasteiger partial charge in [0.1, 0.15) is 6.04 Å². The maximum absolute atomic E-state index is 12.3. The van der Waals surface area contributed by atoms with Gasteiger partial charge in [-0.3, -0.25) is 9.69 Å². The number of aryl methyl sites for hydroxylation is 1. The summed E-state index contributed by atoms with van der Waals surface area (Å²) in [5.74, 6) is 0.0617. The van der Waals surface area contributed by atoms with Crippen molar-refractivity contribution in [3.8, 4) is 0 Å². The molecule has 0 radical (unpaired) electrons. The molecule has 0 aliphatic carbocycles. The molecule has 20 heavy (non-hydrogen) atoms. The van der Waals surface area contributed by atoms with Crippen LogP contribution in [0.1, 0.15) is 36.4 Å². The number of amides is 1. The highest BCUT2D eigenvalue weighted by molar-refractivity contribution is 5.83. The third-order valence-corrected chi connectivity index (χ3v) is 3.34. The second kappa shape index (κ2) is 8.72. The van der Waals surface area contributed by atoms with E-state index in [9.17, 15) is 4.79 Å². The van der Waals surface area contributed by atoms with E-state index in [0.717, 1.165) is 37.9 Å². The van der Waals surface area contributed by atoms with Gasteiger partial charge in [0.05, 0.1) is 0 Å². The van der Waals surface area contributed by atoms with Gasteiger partial charge < -0.3 is 11.1 Å². The molecule has 112 valence electrons. The lowest BCUT2D eigenvalue weighted by Gasteiger charge is -2.24. The zero-order chi connectivity index (χ0) is 15.0. The van der Waals surface area contributed by atoms with Crippen molar-refractivity contribution < 1.29 is 4.79 Å². The molecule has 0 fully saturated rings. The van der Waals surface area contributed by atoms with Gasteiger partial charge in [-0.15, -0.1) is 0 Å². The van der Waals surface area contributed by atoms with Crippen LogP contribution in [0.5, 0.6) is 0 Å². The second-order valence-electron chi connectivity index (χ2n) is 5.42. The van der Waals surface area contributed by atoms with Crippen LogP contribution in [0.4, 0.5) is 0 Å². The van der Waals surface area contributed by atoms with Crippen LogP contribution < -0.4 is 11.1 Å². The molecule has 0 saturated heterocycles. The molecule has 0 heterocycles. The predicted octanol–water partition coefficient (Wildman–Crippen LogP) is 1.84. The zero-order valence-electron chi connectivity index (χ0n) is 12.9. The van der Waals surface area contributed by atoms with E-state index < -0.39 is 0 Å². The summed E-state index contributed by atoms with van der Waals surface area (Å²) in [6.45, 7) is 3.48. The van der Waals surface area contributed by atoms with Crippen molar-refractivity contribution in [2.24, 2.45) is 5.73 Å². The minimum atomic E-state index is -0.231. The van der Waals surface area contributed by atoms with E-state index in [2.05, 4.69) is 5.32 Å². The monoisotopic (exact) mass is 277 g/mol. The summed E-state index contributed by atoms with van der Waals surface area (Å²) in [7, 11) is 3.86. The van der Waals surface area contributed by atoms with Crippen molar-refractivity contribution in [1.82, 2.24) is 10.2 Å². The zero-order valence-corrected chi connectivity index (χ0v) is 12.9. The summed E-state index contributed by atoms with van der Waals surface area (Å²) in [6.07, 6.45) is 3.07. The Morgan fingerprint density at radius 1 is 1.20 bits per heavy atom. The Hall–Kier alpha value is -1.39. The van der Waals surface area contributed by atoms with E-state index in [-0.39, 0.29) is 11.9 Å². The van der Waals surface area contributed by atoms with Crippen molar-refractivity contribution in [2.45, 2.75) is 32.2 Å². The standard InChI is InChI=1S/C16H27N3O/c1-13-7-9-14(10-8-13)15(19(2)3)16(20)18-12-6-4-5-11-17/h7-10,15H,4-6,11-12,17H2,1-3H3,(H,18,20). The molecule has 0 spiro atoms. The Labute approximate surface area is 122 Å². The summed E-state index contributed by atoms with van der Waals surface area (Å²) < 4.78 is 0. The smallest absolute Gasteiger partial charge is 0.241 e. The van der Waals surface area contributed by atoms with Crippen LogP contribution >= 0.6 is 0 Å². The molecule has 1 atom stereocenters. The molecule has 3 N–H and O–H groups in total. The quantitative estimate of drug-likeness (QED) is 0.713. The topological polar surface area (TPSA) is 58.4 Å². The van der Waals surface area contributed by atoms with Gasteiger partial charge in [-0.2, -0.15) is 0 Å². The van der Waals surface area contributed by atoms with E-state index in [1.165, 1.54) is 5.56 Å². The molecular formula is C16H27N3O. The number of likely N-dealkylation sites (N-methyl/N-ethyl adjacent to an activating group) is 1. The first kappa shape index (κ1) is 16.7. The Kier molecular flexibility index (Phi) is 7.26. The number of hydrogen-bond donors (Lipinski definition) is 2. The lowest BCUT2D eigenvalue weighted by molar-refractivity contribution is -0.125. The normalized spacial score (nSPS) is 12.4. The van der Waals surface area contributed by atoms with Crippen LogP contribution in [0.2, 0.25) is 0 Å². The van der Waals surface area contributed by atoms with E-state index in [1.807, 2.05) is 50.2 Å². The number of hydrogen-bond acceptors (Lipinski definition) is 3. The third kappa shape index (κ3) is 5.31. The van der Waals surface area contributed by atoms with Crippen LogP contribution in [0.15, 0.2) is 24.3 Å². The molecule has 0 aromatic heterocycles. The number of nitrogens with zero attached hydrogens (tertiary/aromatic N) is 1. The number of carbonyl (C=O) groups excluding carboxylic acids is 1. The maximum atomic E-state index is 12.3. The second-order valence-corrected chi connectivity index (χ2v) is 5.42. The molecule has 0 aliphatic heterocycles. The van der Waals surface area contributed by atoms with Crippen molar-refractivity contribution in [2.75, 3.05) is 27.2 Å². The first-order valence-electron chi connectivity index (χ1n) is 7.27. The van der Waals surface area contributed by atoms with Crippen molar-refractivity contribution >= 4 is 5.91 Å². The first-order valence-corrected chi connectivity index (χ1v) is 7.27. The molecule has 1 rings (SSSR count). The fraction of sp³-hybridized carbons (Fsp3) is 0.562. The molecule has 4 heteroatoms. The lowest BCUT2D eigenvalue weighted by Crippen LogP contribution is -2.37. The highest BCUT2D eigenvalue weighted by atomic mass is 16.2. The average Bonchev–Trinajstić information content (AvgIpc) is 2.40. The Bertz CT molecular complexity index is 401. The molecule has 1 aromatic rings. The molecule has 1 aromatic carbocycles. The van der Waals surface area contributed by atoms with Gasteiger partial charge in [0, 0.05) is 6.54 Å².